The molecule has 2 aliphatic rings. The van der Waals surface area contributed by atoms with Crippen LogP contribution in [0.15, 0.2) is 89.3 Å². The van der Waals surface area contributed by atoms with Gasteiger partial charge in [-0.2, -0.15) is 0 Å². The van der Waals surface area contributed by atoms with Gasteiger partial charge < -0.3 is 24.6 Å². The number of Topliss-reactive ketones (excluding diaryl/α,β-unsaturated/α-hetero) is 1. The number of hydrogen-bond acceptors (Lipinski definition) is 7. The average molecular weight is 588 g/mol. The van der Waals surface area contributed by atoms with Gasteiger partial charge >= 0.3 is 5.97 Å². The fourth-order valence-electron chi connectivity index (χ4n) is 5.76. The van der Waals surface area contributed by atoms with Gasteiger partial charge in [0.05, 0.1) is 30.9 Å². The molecule has 3 aromatic carbocycles. The number of ether oxygens (including phenoxy) is 3. The van der Waals surface area contributed by atoms with Gasteiger partial charge in [0.15, 0.2) is 17.3 Å². The first-order valence-corrected chi connectivity index (χ1v) is 14.4. The molecule has 0 radical (unpaired) electrons. The van der Waals surface area contributed by atoms with Gasteiger partial charge in [-0.15, -0.1) is 0 Å². The number of halogens is 1. The third-order valence-electron chi connectivity index (χ3n) is 7.79. The lowest BCUT2D eigenvalue weighted by molar-refractivity contribution is -0.139. The van der Waals surface area contributed by atoms with Crippen molar-refractivity contribution < 1.29 is 28.9 Å². The van der Waals surface area contributed by atoms with Crippen molar-refractivity contribution in [1.82, 2.24) is 5.32 Å². The van der Waals surface area contributed by atoms with Crippen molar-refractivity contribution in [2.24, 2.45) is 0 Å². The quantitative estimate of drug-likeness (QED) is 0.272. The summed E-state index contributed by atoms with van der Waals surface area (Å²) >= 11 is 6.44. The topological polar surface area (TPSA) is 94.1 Å². The number of dihydropyridines is 1. The standard InChI is InChI=1S/C34H34ClNO6/c1-4-41-29-19-24(16-26(35)33(29)38)31-30(34(39)42-15-14-21-8-6-5-7-9-21)20(2)36-27-17-23(18-28(37)32(27)31)22-10-12-25(40-3)13-11-22/h5-13,16,19,23,31,36,38H,4,14-15,17-18H2,1-3H3/t23-,31+/m1/s1. The molecule has 218 valence electrons. The van der Waals surface area contributed by atoms with Crippen molar-refractivity contribution in [2.75, 3.05) is 20.3 Å². The summed E-state index contributed by atoms with van der Waals surface area (Å²) in [5.41, 5.74) is 4.87. The highest BCUT2D eigenvalue weighted by Gasteiger charge is 2.42. The Morgan fingerprint density at radius 3 is 2.48 bits per heavy atom. The molecule has 0 spiro atoms. The SMILES string of the molecule is CCOc1cc([C@H]2C(C(=O)OCCc3ccccc3)=C(C)NC3=C2C(=O)C[C@H](c2ccc(OC)cc2)C3)cc(Cl)c1O. The molecule has 3 aromatic rings. The van der Waals surface area contributed by atoms with Gasteiger partial charge in [0.25, 0.3) is 0 Å². The Labute approximate surface area is 250 Å². The fourth-order valence-corrected chi connectivity index (χ4v) is 5.98. The largest absolute Gasteiger partial charge is 0.503 e. The third-order valence-corrected chi connectivity index (χ3v) is 8.07. The summed E-state index contributed by atoms with van der Waals surface area (Å²) in [6.45, 7) is 4.11. The number of aromatic hydroxyl groups is 1. The van der Waals surface area contributed by atoms with E-state index in [2.05, 4.69) is 5.32 Å². The Balaban J connectivity index is 1.52. The summed E-state index contributed by atoms with van der Waals surface area (Å²) in [6, 6.07) is 20.8. The Morgan fingerprint density at radius 1 is 1.05 bits per heavy atom. The van der Waals surface area contributed by atoms with E-state index in [1.54, 1.807) is 26.2 Å². The van der Waals surface area contributed by atoms with Gasteiger partial charge in [-0.3, -0.25) is 4.79 Å². The number of nitrogens with one attached hydrogen (secondary N) is 1. The Morgan fingerprint density at radius 2 is 1.79 bits per heavy atom. The van der Waals surface area contributed by atoms with Gasteiger partial charge in [-0.1, -0.05) is 54.1 Å². The molecule has 0 saturated heterocycles. The second-order valence-corrected chi connectivity index (χ2v) is 10.9. The molecule has 1 aliphatic carbocycles. The molecule has 0 fully saturated rings. The van der Waals surface area contributed by atoms with Crippen LogP contribution in [-0.2, 0) is 20.7 Å². The molecule has 2 N–H and O–H groups in total. The minimum atomic E-state index is -0.743. The summed E-state index contributed by atoms with van der Waals surface area (Å²) in [5.74, 6) is -0.613. The number of phenolic OH excluding ortho intramolecular Hbond substituents is 1. The van der Waals surface area contributed by atoms with Crippen LogP contribution >= 0.6 is 11.6 Å². The van der Waals surface area contributed by atoms with E-state index in [1.807, 2.05) is 61.5 Å². The molecule has 1 heterocycles. The molecule has 0 saturated carbocycles. The van der Waals surface area contributed by atoms with Crippen LogP contribution in [0.2, 0.25) is 5.02 Å². The molecule has 7 nitrogen and oxygen atoms in total. The lowest BCUT2D eigenvalue weighted by atomic mass is 9.71. The number of hydrogen-bond donors (Lipinski definition) is 2. The maximum atomic E-state index is 13.9. The molecule has 1 aliphatic heterocycles. The molecule has 8 heteroatoms. The van der Waals surface area contributed by atoms with Crippen LogP contribution in [-0.4, -0.2) is 37.2 Å². The van der Waals surface area contributed by atoms with Crippen LogP contribution in [0, 0.1) is 0 Å². The van der Waals surface area contributed by atoms with E-state index in [0.717, 1.165) is 22.6 Å². The number of benzene rings is 3. The van der Waals surface area contributed by atoms with Crippen molar-refractivity contribution >= 4 is 23.4 Å². The molecule has 2 atom stereocenters. The number of esters is 1. The Hall–Kier alpha value is -4.23. The number of carbonyl (C=O) groups excluding carboxylic acids is 2. The summed E-state index contributed by atoms with van der Waals surface area (Å²) in [6.07, 6.45) is 1.43. The van der Waals surface area contributed by atoms with Crippen LogP contribution in [0.1, 0.15) is 55.2 Å². The van der Waals surface area contributed by atoms with Gasteiger partial charge in [-0.25, -0.2) is 4.79 Å². The average Bonchev–Trinajstić information content (AvgIpc) is 2.99. The molecular weight excluding hydrogens is 554 g/mol. The second kappa shape index (κ2) is 12.7. The second-order valence-electron chi connectivity index (χ2n) is 10.4. The lowest BCUT2D eigenvalue weighted by Gasteiger charge is -2.37. The molecule has 0 amide bonds. The van der Waals surface area contributed by atoms with Crippen LogP contribution < -0.4 is 14.8 Å². The normalized spacial score (nSPS) is 18.3. The summed E-state index contributed by atoms with van der Waals surface area (Å²) in [7, 11) is 1.62. The zero-order valence-electron chi connectivity index (χ0n) is 23.9. The van der Waals surface area contributed by atoms with Crippen molar-refractivity contribution in [1.29, 1.82) is 0 Å². The van der Waals surface area contributed by atoms with E-state index in [9.17, 15) is 14.7 Å². The maximum absolute atomic E-state index is 13.9. The number of allylic oxidation sites excluding steroid dienone is 3. The lowest BCUT2D eigenvalue weighted by Crippen LogP contribution is -2.36. The van der Waals surface area contributed by atoms with Crippen molar-refractivity contribution in [3.63, 3.8) is 0 Å². The predicted molar refractivity (Wildman–Crippen MR) is 161 cm³/mol. The van der Waals surface area contributed by atoms with E-state index >= 15 is 0 Å². The zero-order chi connectivity index (χ0) is 29.8. The number of ketones is 1. The maximum Gasteiger partial charge on any atom is 0.336 e. The first kappa shape index (κ1) is 29.3. The minimum Gasteiger partial charge on any atom is -0.503 e. The van der Waals surface area contributed by atoms with Gasteiger partial charge in [0, 0.05) is 35.7 Å². The highest BCUT2D eigenvalue weighted by Crippen LogP contribution is 2.48. The summed E-state index contributed by atoms with van der Waals surface area (Å²) in [5, 5.41) is 14.0. The molecule has 0 bridgehead atoms. The number of carbonyl (C=O) groups is 2. The van der Waals surface area contributed by atoms with Crippen LogP contribution in [0.25, 0.3) is 0 Å². The van der Waals surface area contributed by atoms with E-state index in [1.165, 1.54) is 0 Å². The monoisotopic (exact) mass is 587 g/mol. The fraction of sp³-hybridized carbons (Fsp3) is 0.294. The van der Waals surface area contributed by atoms with Crippen LogP contribution in [0.4, 0.5) is 0 Å². The highest BCUT2D eigenvalue weighted by molar-refractivity contribution is 6.32. The van der Waals surface area contributed by atoms with Gasteiger partial charge in [-0.05, 0) is 67.1 Å². The summed E-state index contributed by atoms with van der Waals surface area (Å²) in [4.78, 5) is 27.6. The molecule has 0 aromatic heterocycles. The van der Waals surface area contributed by atoms with Crippen molar-refractivity contribution in [3.05, 3.63) is 111 Å². The van der Waals surface area contributed by atoms with Crippen molar-refractivity contribution in [3.8, 4) is 17.2 Å². The Bertz CT molecular complexity index is 1540. The number of methoxy groups -OCH3 is 1. The van der Waals surface area contributed by atoms with Crippen LogP contribution in [0.5, 0.6) is 17.2 Å². The van der Waals surface area contributed by atoms with E-state index in [0.29, 0.717) is 41.9 Å². The van der Waals surface area contributed by atoms with E-state index in [4.69, 9.17) is 25.8 Å². The first-order chi connectivity index (χ1) is 20.3. The third kappa shape index (κ3) is 6.02. The number of rotatable bonds is 9. The van der Waals surface area contributed by atoms with E-state index < -0.39 is 11.9 Å². The molecule has 0 unspecified atom stereocenters. The molecular formula is C34H34ClNO6. The van der Waals surface area contributed by atoms with Crippen molar-refractivity contribution in [2.45, 2.75) is 44.9 Å². The first-order valence-electron chi connectivity index (χ1n) is 14.0. The molecule has 42 heavy (non-hydrogen) atoms. The summed E-state index contributed by atoms with van der Waals surface area (Å²) < 4.78 is 16.7. The molecule has 5 rings (SSSR count). The van der Waals surface area contributed by atoms with Gasteiger partial charge in [0.1, 0.15) is 5.75 Å². The zero-order valence-corrected chi connectivity index (χ0v) is 24.7. The highest BCUT2D eigenvalue weighted by atomic mass is 35.5. The Kier molecular flexibility index (Phi) is 8.88. The predicted octanol–water partition coefficient (Wildman–Crippen LogP) is 6.60. The van der Waals surface area contributed by atoms with Crippen LogP contribution in [0.3, 0.4) is 0 Å². The minimum absolute atomic E-state index is 0.0372. The smallest absolute Gasteiger partial charge is 0.336 e. The number of phenols is 1. The van der Waals surface area contributed by atoms with Gasteiger partial charge in [0.2, 0.25) is 0 Å². The van der Waals surface area contributed by atoms with E-state index in [-0.39, 0.29) is 41.3 Å².